The van der Waals surface area contributed by atoms with Crippen LogP contribution < -0.4 is 5.32 Å². The number of nitrogens with one attached hydrogen (secondary N) is 1. The van der Waals surface area contributed by atoms with Crippen LogP contribution in [-0.4, -0.2) is 35.0 Å². The Labute approximate surface area is 99.3 Å². The highest BCUT2D eigenvalue weighted by molar-refractivity contribution is 4.84. The van der Waals surface area contributed by atoms with E-state index >= 15 is 0 Å². The maximum absolute atomic E-state index is 10.4. The zero-order valence-electron chi connectivity index (χ0n) is 10.5. The molecule has 1 aliphatic carbocycles. The van der Waals surface area contributed by atoms with Crippen LogP contribution in [0.2, 0.25) is 0 Å². The Morgan fingerprint density at radius 1 is 1.19 bits per heavy atom. The molecule has 0 aliphatic heterocycles. The van der Waals surface area contributed by atoms with Crippen molar-refractivity contribution in [3.63, 3.8) is 0 Å². The van der Waals surface area contributed by atoms with Crippen molar-refractivity contribution in [2.45, 2.75) is 69.9 Å². The fraction of sp³-hybridized carbons (Fsp3) is 1.00. The lowest BCUT2D eigenvalue weighted by Crippen LogP contribution is -2.44. The van der Waals surface area contributed by atoms with E-state index in [1.807, 2.05) is 0 Å². The van der Waals surface area contributed by atoms with Gasteiger partial charge in [-0.15, -0.1) is 0 Å². The average Bonchev–Trinajstić information content (AvgIpc) is 2.50. The summed E-state index contributed by atoms with van der Waals surface area (Å²) in [5.41, 5.74) is -0.501. The molecule has 1 aliphatic rings. The van der Waals surface area contributed by atoms with Gasteiger partial charge in [0.05, 0.1) is 5.60 Å². The van der Waals surface area contributed by atoms with Crippen molar-refractivity contribution in [1.29, 1.82) is 0 Å². The van der Waals surface area contributed by atoms with Crippen molar-refractivity contribution < 1.29 is 10.2 Å². The summed E-state index contributed by atoms with van der Waals surface area (Å²) in [5, 5.41) is 22.7. The first-order valence-corrected chi connectivity index (χ1v) is 6.77. The predicted molar refractivity (Wildman–Crippen MR) is 66.4 cm³/mol. The lowest BCUT2D eigenvalue weighted by Gasteiger charge is -2.29. The highest BCUT2D eigenvalue weighted by Crippen LogP contribution is 2.26. The SMILES string of the molecule is CCC(CCO)NCC1(O)CCCCCC1. The zero-order valence-corrected chi connectivity index (χ0v) is 10.5. The van der Waals surface area contributed by atoms with Gasteiger partial charge in [-0.05, 0) is 25.7 Å². The molecule has 96 valence electrons. The highest BCUT2D eigenvalue weighted by Gasteiger charge is 2.28. The van der Waals surface area contributed by atoms with Crippen LogP contribution in [0.1, 0.15) is 58.3 Å². The summed E-state index contributed by atoms with van der Waals surface area (Å²) in [7, 11) is 0. The molecule has 1 fully saturated rings. The molecule has 0 aromatic heterocycles. The average molecular weight is 229 g/mol. The summed E-state index contributed by atoms with van der Waals surface area (Å²) in [6.45, 7) is 3.03. The van der Waals surface area contributed by atoms with Gasteiger partial charge in [0.2, 0.25) is 0 Å². The van der Waals surface area contributed by atoms with E-state index in [0.29, 0.717) is 12.6 Å². The van der Waals surface area contributed by atoms with Gasteiger partial charge in [0.15, 0.2) is 0 Å². The molecule has 3 heteroatoms. The van der Waals surface area contributed by atoms with E-state index in [4.69, 9.17) is 5.11 Å². The first-order valence-electron chi connectivity index (χ1n) is 6.77. The van der Waals surface area contributed by atoms with Gasteiger partial charge in [0, 0.05) is 19.2 Å². The molecule has 16 heavy (non-hydrogen) atoms. The van der Waals surface area contributed by atoms with Gasteiger partial charge in [-0.3, -0.25) is 0 Å². The van der Waals surface area contributed by atoms with Crippen molar-refractivity contribution >= 4 is 0 Å². The number of aliphatic hydroxyl groups excluding tert-OH is 1. The largest absolute Gasteiger partial charge is 0.396 e. The minimum atomic E-state index is -0.501. The van der Waals surface area contributed by atoms with Crippen molar-refractivity contribution in [2.24, 2.45) is 0 Å². The van der Waals surface area contributed by atoms with E-state index < -0.39 is 5.60 Å². The van der Waals surface area contributed by atoms with Crippen LogP contribution in [0.25, 0.3) is 0 Å². The summed E-state index contributed by atoms with van der Waals surface area (Å²) < 4.78 is 0. The third-order valence-electron chi connectivity index (χ3n) is 3.72. The van der Waals surface area contributed by atoms with Gasteiger partial charge in [0.1, 0.15) is 0 Å². The lowest BCUT2D eigenvalue weighted by molar-refractivity contribution is 0.0218. The third kappa shape index (κ3) is 4.81. The van der Waals surface area contributed by atoms with Crippen molar-refractivity contribution in [2.75, 3.05) is 13.2 Å². The van der Waals surface area contributed by atoms with Gasteiger partial charge < -0.3 is 15.5 Å². The summed E-state index contributed by atoms with van der Waals surface area (Å²) in [6, 6.07) is 0.345. The standard InChI is InChI=1S/C13H27NO2/c1-2-12(7-10-15)14-11-13(16)8-5-3-4-6-9-13/h12,14-16H,2-11H2,1H3. The van der Waals surface area contributed by atoms with Gasteiger partial charge in [-0.1, -0.05) is 32.6 Å². The van der Waals surface area contributed by atoms with Crippen LogP contribution in [0, 0.1) is 0 Å². The highest BCUT2D eigenvalue weighted by atomic mass is 16.3. The van der Waals surface area contributed by atoms with Gasteiger partial charge in [-0.2, -0.15) is 0 Å². The molecular weight excluding hydrogens is 202 g/mol. The molecule has 3 N–H and O–H groups in total. The number of hydrogen-bond donors (Lipinski definition) is 3. The molecule has 0 saturated heterocycles. The molecule has 0 heterocycles. The van der Waals surface area contributed by atoms with Gasteiger partial charge in [0.25, 0.3) is 0 Å². The number of hydrogen-bond acceptors (Lipinski definition) is 3. The molecule has 1 rings (SSSR count). The van der Waals surface area contributed by atoms with Crippen LogP contribution in [0.15, 0.2) is 0 Å². The third-order valence-corrected chi connectivity index (χ3v) is 3.72. The Bertz CT molecular complexity index is 177. The topological polar surface area (TPSA) is 52.5 Å². The molecule has 0 bridgehead atoms. The fourth-order valence-corrected chi connectivity index (χ4v) is 2.50. The van der Waals surface area contributed by atoms with Crippen LogP contribution in [0.4, 0.5) is 0 Å². The second-order valence-corrected chi connectivity index (χ2v) is 5.14. The zero-order chi connectivity index (χ0) is 11.9. The Morgan fingerprint density at radius 2 is 1.81 bits per heavy atom. The minimum Gasteiger partial charge on any atom is -0.396 e. The molecule has 1 unspecified atom stereocenters. The van der Waals surface area contributed by atoms with Crippen LogP contribution in [0.3, 0.4) is 0 Å². The Balaban J connectivity index is 2.32. The second kappa shape index (κ2) is 7.25. The molecule has 3 nitrogen and oxygen atoms in total. The van der Waals surface area contributed by atoms with E-state index in [1.54, 1.807) is 0 Å². The summed E-state index contributed by atoms with van der Waals surface area (Å²) in [6.07, 6.45) is 8.46. The summed E-state index contributed by atoms with van der Waals surface area (Å²) >= 11 is 0. The van der Waals surface area contributed by atoms with E-state index in [0.717, 1.165) is 38.5 Å². The smallest absolute Gasteiger partial charge is 0.0771 e. The molecule has 1 saturated carbocycles. The maximum Gasteiger partial charge on any atom is 0.0771 e. The number of rotatable bonds is 6. The molecule has 0 aromatic rings. The van der Waals surface area contributed by atoms with Crippen molar-refractivity contribution in [3.8, 4) is 0 Å². The Morgan fingerprint density at radius 3 is 2.31 bits per heavy atom. The minimum absolute atomic E-state index is 0.226. The van der Waals surface area contributed by atoms with Gasteiger partial charge in [-0.25, -0.2) is 0 Å². The van der Waals surface area contributed by atoms with Gasteiger partial charge >= 0.3 is 0 Å². The predicted octanol–water partition coefficient (Wildman–Crippen LogP) is 1.82. The van der Waals surface area contributed by atoms with E-state index in [9.17, 15) is 5.11 Å². The Hall–Kier alpha value is -0.120. The van der Waals surface area contributed by atoms with E-state index in [2.05, 4.69) is 12.2 Å². The van der Waals surface area contributed by atoms with E-state index in [1.165, 1.54) is 12.8 Å². The molecule has 0 radical (unpaired) electrons. The molecule has 1 atom stereocenters. The summed E-state index contributed by atoms with van der Waals surface area (Å²) in [5.74, 6) is 0. The van der Waals surface area contributed by atoms with Crippen LogP contribution >= 0.6 is 0 Å². The molecular formula is C13H27NO2. The fourth-order valence-electron chi connectivity index (χ4n) is 2.50. The first-order chi connectivity index (χ1) is 7.70. The van der Waals surface area contributed by atoms with Crippen LogP contribution in [0.5, 0.6) is 0 Å². The van der Waals surface area contributed by atoms with Crippen LogP contribution in [-0.2, 0) is 0 Å². The second-order valence-electron chi connectivity index (χ2n) is 5.14. The normalized spacial score (nSPS) is 22.7. The van der Waals surface area contributed by atoms with E-state index in [-0.39, 0.29) is 6.61 Å². The first kappa shape index (κ1) is 13.9. The summed E-state index contributed by atoms with van der Waals surface area (Å²) in [4.78, 5) is 0. The lowest BCUT2D eigenvalue weighted by atomic mass is 9.94. The molecule has 0 aromatic carbocycles. The van der Waals surface area contributed by atoms with Crippen molar-refractivity contribution in [3.05, 3.63) is 0 Å². The molecule has 0 spiro atoms. The monoisotopic (exact) mass is 229 g/mol. The molecule has 0 amide bonds. The quantitative estimate of drug-likeness (QED) is 0.609. The Kier molecular flexibility index (Phi) is 6.32. The van der Waals surface area contributed by atoms with Crippen molar-refractivity contribution in [1.82, 2.24) is 5.32 Å². The number of aliphatic hydroxyl groups is 2. The maximum atomic E-state index is 10.4.